The molecule has 1 aliphatic carbocycles. The molecule has 0 aliphatic heterocycles. The van der Waals surface area contributed by atoms with E-state index < -0.39 is 45.0 Å². The number of nitrogens with two attached hydrogens (primary N) is 1. The minimum Gasteiger partial charge on any atom is -0.366 e. The topological polar surface area (TPSA) is 120 Å². The molecule has 0 fully saturated rings. The van der Waals surface area contributed by atoms with E-state index >= 15 is 0 Å². The van der Waals surface area contributed by atoms with Crippen molar-refractivity contribution >= 4 is 32.7 Å². The van der Waals surface area contributed by atoms with Crippen LogP contribution in [0.4, 0.5) is 22.0 Å². The predicted octanol–water partition coefficient (Wildman–Crippen LogP) is 3.77. The van der Waals surface area contributed by atoms with Gasteiger partial charge in [0, 0.05) is 29.0 Å². The predicted molar refractivity (Wildman–Crippen MR) is 116 cm³/mol. The van der Waals surface area contributed by atoms with Gasteiger partial charge in [0.25, 0.3) is 12.3 Å². The molecule has 0 spiro atoms. The number of sulfonamides is 1. The number of fused-ring (bicyclic) bond motifs is 1. The van der Waals surface area contributed by atoms with Crippen LogP contribution >= 0.6 is 0 Å². The summed E-state index contributed by atoms with van der Waals surface area (Å²) in [5.41, 5.74) is 5.67. The monoisotopic (exact) mass is 513 g/mol. The molecule has 0 bridgehead atoms. The Kier molecular flexibility index (Phi) is 5.97. The molecular formula is C21H16F5N5O3S. The number of hydrogen-bond acceptors (Lipinski definition) is 5. The number of allylic oxidation sites excluding steroid dienone is 4. The number of primary amides is 1. The average molecular weight is 513 g/mol. The smallest absolute Gasteiger partial charge is 0.366 e. The third-order valence-electron chi connectivity index (χ3n) is 5.23. The van der Waals surface area contributed by atoms with E-state index in [1.165, 1.54) is 15.4 Å². The minimum atomic E-state index is -4.80. The van der Waals surface area contributed by atoms with E-state index in [4.69, 9.17) is 5.73 Å². The summed E-state index contributed by atoms with van der Waals surface area (Å²) in [5.74, 6) is -0.972. The van der Waals surface area contributed by atoms with Crippen LogP contribution in [0.5, 0.6) is 0 Å². The Balaban J connectivity index is 1.87. The molecule has 1 amide bonds. The number of carbonyl (C=O) groups is 1. The van der Waals surface area contributed by atoms with Crippen LogP contribution in [-0.4, -0.2) is 41.1 Å². The van der Waals surface area contributed by atoms with Gasteiger partial charge in [0.2, 0.25) is 10.0 Å². The first-order valence-electron chi connectivity index (χ1n) is 9.87. The summed E-state index contributed by atoms with van der Waals surface area (Å²) < 4.78 is 92.6. The number of carbonyl (C=O) groups excluding carboxylic acids is 1. The number of nitrogens with zero attached hydrogens (tertiary/aromatic N) is 3. The molecule has 8 nitrogen and oxygen atoms in total. The number of alkyl halides is 5. The molecule has 1 atom stereocenters. The Morgan fingerprint density at radius 3 is 2.34 bits per heavy atom. The Bertz CT molecular complexity index is 1490. The lowest BCUT2D eigenvalue weighted by atomic mass is 10.1. The van der Waals surface area contributed by atoms with Gasteiger partial charge >= 0.3 is 6.18 Å². The van der Waals surface area contributed by atoms with Crippen molar-refractivity contribution in [2.75, 3.05) is 0 Å². The highest BCUT2D eigenvalue weighted by Gasteiger charge is 2.39. The van der Waals surface area contributed by atoms with Gasteiger partial charge in [0.15, 0.2) is 0 Å². The zero-order valence-electron chi connectivity index (χ0n) is 17.7. The molecule has 4 rings (SSSR count). The van der Waals surface area contributed by atoms with Gasteiger partial charge in [-0.1, -0.05) is 6.08 Å². The maximum atomic E-state index is 13.3. The molecule has 184 valence electrons. The number of aromatic nitrogens is 3. The van der Waals surface area contributed by atoms with Crippen molar-refractivity contribution in [3.8, 4) is 11.4 Å². The lowest BCUT2D eigenvalue weighted by molar-refractivity contribution is -0.147. The lowest BCUT2D eigenvalue weighted by Gasteiger charge is -2.17. The Morgan fingerprint density at radius 2 is 1.86 bits per heavy atom. The zero-order valence-corrected chi connectivity index (χ0v) is 18.5. The summed E-state index contributed by atoms with van der Waals surface area (Å²) in [5, 5.41) is 0.0330. The quantitative estimate of drug-likeness (QED) is 0.466. The van der Waals surface area contributed by atoms with Crippen molar-refractivity contribution in [1.29, 1.82) is 0 Å². The first-order chi connectivity index (χ1) is 16.3. The van der Waals surface area contributed by atoms with E-state index in [9.17, 15) is 35.2 Å². The second kappa shape index (κ2) is 8.53. The van der Waals surface area contributed by atoms with E-state index in [1.807, 2.05) is 0 Å². The van der Waals surface area contributed by atoms with Crippen molar-refractivity contribution in [3.05, 3.63) is 59.9 Å². The van der Waals surface area contributed by atoms with Crippen molar-refractivity contribution in [2.45, 2.75) is 30.5 Å². The summed E-state index contributed by atoms with van der Waals surface area (Å²) in [6.07, 6.45) is -0.912. The number of amides is 1. The Labute approximate surface area is 195 Å². The van der Waals surface area contributed by atoms with Crippen LogP contribution in [0.15, 0.2) is 53.7 Å². The van der Waals surface area contributed by atoms with Gasteiger partial charge in [0.1, 0.15) is 16.6 Å². The molecule has 35 heavy (non-hydrogen) atoms. The number of hydrogen-bond donors (Lipinski definition) is 2. The maximum absolute atomic E-state index is 13.3. The molecular weight excluding hydrogens is 497 g/mol. The van der Waals surface area contributed by atoms with E-state index in [0.717, 1.165) is 24.5 Å². The lowest BCUT2D eigenvalue weighted by Crippen LogP contribution is -2.42. The van der Waals surface area contributed by atoms with E-state index in [1.54, 1.807) is 18.2 Å². The number of nitrogens with one attached hydrogen (secondary N) is 1. The van der Waals surface area contributed by atoms with Gasteiger partial charge < -0.3 is 5.73 Å². The summed E-state index contributed by atoms with van der Waals surface area (Å²) in [4.78, 5) is 19.9. The van der Waals surface area contributed by atoms with Gasteiger partial charge in [-0.3, -0.25) is 14.3 Å². The first-order valence-corrected chi connectivity index (χ1v) is 11.4. The molecule has 1 aliphatic rings. The second-order valence-corrected chi connectivity index (χ2v) is 9.29. The van der Waals surface area contributed by atoms with Crippen LogP contribution in [0.25, 0.3) is 28.1 Å². The van der Waals surface area contributed by atoms with Gasteiger partial charge in [-0.05, 0) is 37.3 Å². The van der Waals surface area contributed by atoms with Crippen LogP contribution in [0.3, 0.4) is 0 Å². The third kappa shape index (κ3) is 4.41. The van der Waals surface area contributed by atoms with Crippen molar-refractivity contribution < 1.29 is 35.2 Å². The summed E-state index contributed by atoms with van der Waals surface area (Å²) in [6, 6.07) is 0.908. The normalized spacial score (nSPS) is 14.8. The van der Waals surface area contributed by atoms with Crippen LogP contribution in [0.1, 0.15) is 29.3 Å². The SMILES string of the molecule is C[C@H](NS(=O)(=O)c1ccc(-c2c(C(N)=O)c3cc(C(F)F)cnc3n2C2=CC=C2)nc1)C(F)(F)F. The maximum Gasteiger partial charge on any atom is 0.404 e. The van der Waals surface area contributed by atoms with Crippen LogP contribution in [-0.2, 0) is 10.0 Å². The van der Waals surface area contributed by atoms with Crippen molar-refractivity contribution in [3.63, 3.8) is 0 Å². The summed E-state index contributed by atoms with van der Waals surface area (Å²) in [7, 11) is -4.58. The number of pyridine rings is 2. The third-order valence-corrected chi connectivity index (χ3v) is 6.76. The molecule has 3 aromatic rings. The largest absolute Gasteiger partial charge is 0.404 e. The van der Waals surface area contributed by atoms with Crippen molar-refractivity contribution in [2.24, 2.45) is 5.73 Å². The second-order valence-electron chi connectivity index (χ2n) is 7.58. The van der Waals surface area contributed by atoms with Crippen LogP contribution < -0.4 is 10.5 Å². The number of halogens is 5. The van der Waals surface area contributed by atoms with Gasteiger partial charge in [-0.25, -0.2) is 22.2 Å². The number of rotatable bonds is 7. The Hall–Kier alpha value is -3.65. The highest BCUT2D eigenvalue weighted by Crippen LogP contribution is 2.37. The molecule has 3 heterocycles. The molecule has 0 aromatic carbocycles. The minimum absolute atomic E-state index is 0.0133. The highest BCUT2D eigenvalue weighted by atomic mass is 32.2. The zero-order chi connectivity index (χ0) is 25.7. The molecule has 0 saturated carbocycles. The standard InChI is InChI=1S/C21H16F5N5O3S/c1-10(21(24,25)26)30-35(33,34)13-5-6-15(28-9-13)17-16(19(27)32)14-7-11(18(22)23)8-29-20(14)31(17)12-3-2-4-12/h2-10,18,30H,1H3,(H2,27,32)/t10-/m0/s1. The van der Waals surface area contributed by atoms with Gasteiger partial charge in [-0.2, -0.15) is 17.9 Å². The van der Waals surface area contributed by atoms with Gasteiger partial charge in [-0.15, -0.1) is 0 Å². The molecule has 0 saturated heterocycles. The fourth-order valence-electron chi connectivity index (χ4n) is 3.42. The highest BCUT2D eigenvalue weighted by molar-refractivity contribution is 7.89. The fraction of sp³-hybridized carbons (Fsp3) is 0.190. The van der Waals surface area contributed by atoms with E-state index in [2.05, 4.69) is 9.97 Å². The summed E-state index contributed by atoms with van der Waals surface area (Å²) >= 11 is 0. The fourth-order valence-corrected chi connectivity index (χ4v) is 4.60. The summed E-state index contributed by atoms with van der Waals surface area (Å²) in [6.45, 7) is 0.650. The Morgan fingerprint density at radius 1 is 1.17 bits per heavy atom. The van der Waals surface area contributed by atoms with E-state index in [0.29, 0.717) is 12.6 Å². The molecule has 14 heteroatoms. The average Bonchev–Trinajstić information content (AvgIpc) is 3.06. The first kappa shape index (κ1) is 24.5. The molecule has 0 unspecified atom stereocenters. The van der Waals surface area contributed by atoms with Crippen LogP contribution in [0, 0.1) is 0 Å². The van der Waals surface area contributed by atoms with E-state index in [-0.39, 0.29) is 28.0 Å². The van der Waals surface area contributed by atoms with Gasteiger partial charge in [0.05, 0.1) is 17.0 Å². The van der Waals surface area contributed by atoms with Crippen molar-refractivity contribution in [1.82, 2.24) is 19.3 Å². The molecule has 3 N–H and O–H groups in total. The van der Waals surface area contributed by atoms with Crippen LogP contribution in [0.2, 0.25) is 0 Å². The molecule has 0 radical (unpaired) electrons. The molecule has 3 aromatic heterocycles.